The van der Waals surface area contributed by atoms with Crippen molar-refractivity contribution in [3.05, 3.63) is 26.8 Å². The molecule has 1 aliphatic carbocycles. The molecular formula is C10H12BrN7O. The molecule has 9 heteroatoms. The van der Waals surface area contributed by atoms with Crippen LogP contribution in [0.4, 0.5) is 5.69 Å². The minimum absolute atomic E-state index is 0.120. The molecule has 100 valence electrons. The second kappa shape index (κ2) is 5.08. The number of nitrogens with zero attached hydrogens (tertiary/aromatic N) is 5. The highest BCUT2D eigenvalue weighted by atomic mass is 79.9. The summed E-state index contributed by atoms with van der Waals surface area (Å²) in [4.78, 5) is 12.1. The highest BCUT2D eigenvalue weighted by Gasteiger charge is 2.23. The van der Waals surface area contributed by atoms with Crippen LogP contribution in [-0.4, -0.2) is 30.4 Å². The van der Waals surface area contributed by atoms with Gasteiger partial charge in [0, 0.05) is 6.54 Å². The molecule has 0 aromatic carbocycles. The molecule has 0 saturated heterocycles. The normalized spacial score (nSPS) is 14.6. The van der Waals surface area contributed by atoms with E-state index < -0.39 is 0 Å². The number of halogens is 1. The van der Waals surface area contributed by atoms with Crippen LogP contribution >= 0.6 is 15.9 Å². The second-order valence-electron chi connectivity index (χ2n) is 4.48. The lowest BCUT2D eigenvalue weighted by Crippen LogP contribution is -2.25. The van der Waals surface area contributed by atoms with Crippen LogP contribution in [-0.2, 0) is 13.1 Å². The van der Waals surface area contributed by atoms with Gasteiger partial charge >= 0.3 is 0 Å². The van der Waals surface area contributed by atoms with E-state index in [2.05, 4.69) is 47.0 Å². The van der Waals surface area contributed by atoms with Crippen molar-refractivity contribution in [2.75, 3.05) is 5.32 Å². The number of hydrogen-bond donors (Lipinski definition) is 2. The van der Waals surface area contributed by atoms with Gasteiger partial charge in [-0.2, -0.15) is 10.3 Å². The first-order valence-electron chi connectivity index (χ1n) is 5.96. The molecule has 2 aromatic heterocycles. The first-order chi connectivity index (χ1) is 9.24. The van der Waals surface area contributed by atoms with E-state index in [1.165, 1.54) is 17.5 Å². The minimum atomic E-state index is -0.120. The van der Waals surface area contributed by atoms with Crippen molar-refractivity contribution >= 4 is 21.6 Å². The number of tetrazole rings is 1. The van der Waals surface area contributed by atoms with Gasteiger partial charge < -0.3 is 5.32 Å². The van der Waals surface area contributed by atoms with E-state index in [1.807, 2.05) is 0 Å². The van der Waals surface area contributed by atoms with Gasteiger partial charge in [0.1, 0.15) is 4.47 Å². The number of aromatic nitrogens is 6. The Labute approximate surface area is 116 Å². The highest BCUT2D eigenvalue weighted by Crippen LogP contribution is 2.30. The maximum absolute atomic E-state index is 12.1. The fourth-order valence-corrected chi connectivity index (χ4v) is 2.14. The van der Waals surface area contributed by atoms with Gasteiger partial charge in [0.15, 0.2) is 5.82 Å². The van der Waals surface area contributed by atoms with E-state index in [4.69, 9.17) is 0 Å². The molecule has 8 nitrogen and oxygen atoms in total. The van der Waals surface area contributed by atoms with Crippen LogP contribution in [0.15, 0.2) is 15.5 Å². The van der Waals surface area contributed by atoms with Crippen LogP contribution in [0.1, 0.15) is 18.7 Å². The molecule has 0 amide bonds. The molecule has 1 aliphatic rings. The lowest BCUT2D eigenvalue weighted by atomic mass is 10.4. The predicted molar refractivity (Wildman–Crippen MR) is 70.4 cm³/mol. The topological polar surface area (TPSA) is 101 Å². The molecule has 2 N–H and O–H groups in total. The molecule has 0 unspecified atom stereocenters. The predicted octanol–water partition coefficient (Wildman–Crippen LogP) is 0.541. The van der Waals surface area contributed by atoms with Crippen molar-refractivity contribution in [1.29, 1.82) is 0 Å². The van der Waals surface area contributed by atoms with Crippen LogP contribution in [0.5, 0.6) is 0 Å². The monoisotopic (exact) mass is 325 g/mol. The minimum Gasteiger partial charge on any atom is -0.375 e. The van der Waals surface area contributed by atoms with E-state index in [9.17, 15) is 4.79 Å². The van der Waals surface area contributed by atoms with Crippen molar-refractivity contribution in [3.8, 4) is 0 Å². The molecule has 19 heavy (non-hydrogen) atoms. The molecule has 3 rings (SSSR count). The smallest absolute Gasteiger partial charge is 0.283 e. The molecule has 0 aliphatic heterocycles. The van der Waals surface area contributed by atoms with Crippen LogP contribution in [0.25, 0.3) is 0 Å². The zero-order valence-electron chi connectivity index (χ0n) is 10.0. The zero-order valence-corrected chi connectivity index (χ0v) is 11.6. The molecule has 0 atom stereocenters. The molecule has 0 radical (unpaired) electrons. The SMILES string of the molecule is O=c1c(Br)c(NCc2nn[nH]n2)cnn1CC1CC1. The summed E-state index contributed by atoms with van der Waals surface area (Å²) in [6.45, 7) is 1.07. The maximum atomic E-state index is 12.1. The fraction of sp³-hybridized carbons (Fsp3) is 0.500. The van der Waals surface area contributed by atoms with Crippen LogP contribution in [0.2, 0.25) is 0 Å². The number of rotatable bonds is 5. The molecule has 1 fully saturated rings. The van der Waals surface area contributed by atoms with E-state index in [1.54, 1.807) is 6.20 Å². The van der Waals surface area contributed by atoms with Crippen LogP contribution in [0, 0.1) is 5.92 Å². The van der Waals surface area contributed by atoms with Gasteiger partial charge in [-0.15, -0.1) is 10.2 Å². The number of hydrogen-bond acceptors (Lipinski definition) is 6. The first-order valence-corrected chi connectivity index (χ1v) is 6.75. The Balaban J connectivity index is 1.74. The number of anilines is 1. The maximum Gasteiger partial charge on any atom is 0.283 e. The van der Waals surface area contributed by atoms with Crippen molar-refractivity contribution in [3.63, 3.8) is 0 Å². The second-order valence-corrected chi connectivity index (χ2v) is 5.28. The van der Waals surface area contributed by atoms with Crippen LogP contribution < -0.4 is 10.9 Å². The summed E-state index contributed by atoms with van der Waals surface area (Å²) in [7, 11) is 0. The van der Waals surface area contributed by atoms with Crippen molar-refractivity contribution in [1.82, 2.24) is 30.4 Å². The first kappa shape index (κ1) is 12.3. The molecule has 2 aromatic rings. The van der Waals surface area contributed by atoms with Gasteiger partial charge in [-0.3, -0.25) is 4.79 Å². The van der Waals surface area contributed by atoms with E-state index in [-0.39, 0.29) is 5.56 Å². The Kier molecular flexibility index (Phi) is 3.28. The Bertz CT molecular complexity index is 619. The average molecular weight is 326 g/mol. The lowest BCUT2D eigenvalue weighted by molar-refractivity contribution is 0.532. The summed E-state index contributed by atoms with van der Waals surface area (Å²) < 4.78 is 1.98. The summed E-state index contributed by atoms with van der Waals surface area (Å²) in [6, 6.07) is 0. The summed E-state index contributed by atoms with van der Waals surface area (Å²) in [5, 5.41) is 20.7. The number of aromatic amines is 1. The largest absolute Gasteiger partial charge is 0.375 e. The zero-order chi connectivity index (χ0) is 13.2. The standard InChI is InChI=1S/C10H12BrN7O/c11-9-7(12-4-8-14-16-17-15-8)3-13-18(10(9)19)5-6-1-2-6/h3,6,12H,1-2,4-5H2,(H,14,15,16,17). The third-order valence-electron chi connectivity index (χ3n) is 2.94. The summed E-state index contributed by atoms with van der Waals surface area (Å²) in [6.07, 6.45) is 4.00. The molecule has 1 saturated carbocycles. The van der Waals surface area contributed by atoms with Gasteiger partial charge in [-0.25, -0.2) is 4.68 Å². The Morgan fingerprint density at radius 2 is 2.37 bits per heavy atom. The Morgan fingerprint density at radius 3 is 3.05 bits per heavy atom. The van der Waals surface area contributed by atoms with Gasteiger partial charge in [0.2, 0.25) is 0 Å². The third-order valence-corrected chi connectivity index (χ3v) is 3.71. The number of nitrogens with one attached hydrogen (secondary N) is 2. The molecule has 2 heterocycles. The highest BCUT2D eigenvalue weighted by molar-refractivity contribution is 9.10. The van der Waals surface area contributed by atoms with Gasteiger partial charge in [-0.1, -0.05) is 5.21 Å². The van der Waals surface area contributed by atoms with Crippen molar-refractivity contribution in [2.45, 2.75) is 25.9 Å². The third kappa shape index (κ3) is 2.80. The Morgan fingerprint density at radius 1 is 1.53 bits per heavy atom. The van der Waals surface area contributed by atoms with Gasteiger partial charge in [-0.05, 0) is 34.7 Å². The van der Waals surface area contributed by atoms with Crippen LogP contribution in [0.3, 0.4) is 0 Å². The van der Waals surface area contributed by atoms with E-state index in [0.717, 1.165) is 0 Å². The van der Waals surface area contributed by atoms with Gasteiger partial charge in [0.25, 0.3) is 5.56 Å². The van der Waals surface area contributed by atoms with Crippen molar-refractivity contribution in [2.24, 2.45) is 5.92 Å². The Hall–Kier alpha value is -1.77. The summed E-state index contributed by atoms with van der Waals surface area (Å²) >= 11 is 3.31. The molecule has 0 spiro atoms. The van der Waals surface area contributed by atoms with E-state index in [0.29, 0.717) is 35.0 Å². The molecule has 0 bridgehead atoms. The number of H-pyrrole nitrogens is 1. The quantitative estimate of drug-likeness (QED) is 0.832. The average Bonchev–Trinajstić information content (AvgIpc) is 3.07. The molecular weight excluding hydrogens is 314 g/mol. The van der Waals surface area contributed by atoms with Crippen molar-refractivity contribution < 1.29 is 0 Å². The summed E-state index contributed by atoms with van der Waals surface area (Å²) in [5.41, 5.74) is 0.506. The van der Waals surface area contributed by atoms with E-state index >= 15 is 0 Å². The lowest BCUT2D eigenvalue weighted by Gasteiger charge is -2.08. The fourth-order valence-electron chi connectivity index (χ4n) is 1.70. The van der Waals surface area contributed by atoms with Gasteiger partial charge in [0.05, 0.1) is 18.4 Å². The summed E-state index contributed by atoms with van der Waals surface area (Å²) in [5.74, 6) is 1.13.